The molecule has 1 amide bonds. The monoisotopic (exact) mass is 355 g/mol. The third kappa shape index (κ3) is 4.14. The summed E-state index contributed by atoms with van der Waals surface area (Å²) in [5.41, 5.74) is 2.75. The van der Waals surface area contributed by atoms with E-state index in [0.717, 1.165) is 17.3 Å². The van der Waals surface area contributed by atoms with Crippen molar-refractivity contribution >= 4 is 5.91 Å². The van der Waals surface area contributed by atoms with Crippen LogP contribution in [0, 0.1) is 11.6 Å². The highest BCUT2D eigenvalue weighted by Crippen LogP contribution is 2.13. The first kappa shape index (κ1) is 17.8. The number of carbonyl (C=O) groups excluding carboxylic acids is 1. The van der Waals surface area contributed by atoms with E-state index in [1.165, 1.54) is 18.3 Å². The molecule has 0 aliphatic carbocycles. The van der Waals surface area contributed by atoms with Crippen molar-refractivity contribution in [3.63, 3.8) is 0 Å². The fourth-order valence-electron chi connectivity index (χ4n) is 2.86. The van der Waals surface area contributed by atoms with E-state index in [0.29, 0.717) is 24.1 Å². The highest BCUT2D eigenvalue weighted by atomic mass is 19.1. The molecule has 3 aromatic rings. The van der Waals surface area contributed by atoms with Gasteiger partial charge >= 0.3 is 0 Å². The average Bonchev–Trinajstić information content (AvgIpc) is 3.02. The van der Waals surface area contributed by atoms with E-state index >= 15 is 0 Å². The minimum absolute atomic E-state index is 0.0422. The lowest BCUT2D eigenvalue weighted by Gasteiger charge is -2.09. The van der Waals surface area contributed by atoms with Crippen LogP contribution in [-0.4, -0.2) is 15.7 Å². The van der Waals surface area contributed by atoms with Gasteiger partial charge in [-0.05, 0) is 29.7 Å². The Bertz CT molecular complexity index is 886. The highest BCUT2D eigenvalue weighted by molar-refractivity contribution is 5.95. The molecule has 4 nitrogen and oxygen atoms in total. The van der Waals surface area contributed by atoms with Crippen molar-refractivity contribution < 1.29 is 13.6 Å². The normalized spacial score (nSPS) is 10.7. The fourth-order valence-corrected chi connectivity index (χ4v) is 2.86. The van der Waals surface area contributed by atoms with Crippen LogP contribution in [0.3, 0.4) is 0 Å². The Hall–Kier alpha value is -3.02. The summed E-state index contributed by atoms with van der Waals surface area (Å²) in [6.45, 7) is 2.57. The van der Waals surface area contributed by atoms with Crippen LogP contribution >= 0.6 is 0 Å². The van der Waals surface area contributed by atoms with Crippen LogP contribution < -0.4 is 5.32 Å². The molecule has 1 N–H and O–H groups in total. The number of halogens is 2. The molecule has 134 valence electrons. The minimum atomic E-state index is -0.667. The summed E-state index contributed by atoms with van der Waals surface area (Å²) in [6.07, 6.45) is 2.17. The van der Waals surface area contributed by atoms with Crippen molar-refractivity contribution in [3.8, 4) is 0 Å². The molecule has 2 aromatic carbocycles. The highest BCUT2D eigenvalue weighted by Gasteiger charge is 2.16. The van der Waals surface area contributed by atoms with Gasteiger partial charge < -0.3 is 5.32 Å². The molecular formula is C20H19F2N3O. The molecular weight excluding hydrogens is 336 g/mol. The second kappa shape index (κ2) is 7.91. The van der Waals surface area contributed by atoms with Gasteiger partial charge in [0.05, 0.1) is 24.0 Å². The van der Waals surface area contributed by atoms with Gasteiger partial charge in [-0.15, -0.1) is 0 Å². The summed E-state index contributed by atoms with van der Waals surface area (Å²) < 4.78 is 28.3. The van der Waals surface area contributed by atoms with Crippen LogP contribution in [0.15, 0.2) is 54.7 Å². The number of nitrogens with zero attached hydrogens (tertiary/aromatic N) is 2. The average molecular weight is 355 g/mol. The van der Waals surface area contributed by atoms with Crippen molar-refractivity contribution in [1.29, 1.82) is 0 Å². The van der Waals surface area contributed by atoms with E-state index in [1.54, 1.807) is 4.68 Å². The number of carbonyl (C=O) groups is 1. The smallest absolute Gasteiger partial charge is 0.255 e. The van der Waals surface area contributed by atoms with Crippen molar-refractivity contribution in [2.75, 3.05) is 0 Å². The van der Waals surface area contributed by atoms with Gasteiger partial charge in [-0.1, -0.05) is 37.3 Å². The van der Waals surface area contributed by atoms with Gasteiger partial charge in [-0.3, -0.25) is 9.48 Å². The molecule has 0 fully saturated rings. The van der Waals surface area contributed by atoms with Crippen LogP contribution in [0.2, 0.25) is 0 Å². The second-order valence-corrected chi connectivity index (χ2v) is 5.96. The van der Waals surface area contributed by atoms with Crippen molar-refractivity contribution in [1.82, 2.24) is 15.1 Å². The van der Waals surface area contributed by atoms with E-state index in [4.69, 9.17) is 0 Å². The Morgan fingerprint density at radius 1 is 1.08 bits per heavy atom. The Morgan fingerprint density at radius 3 is 2.42 bits per heavy atom. The van der Waals surface area contributed by atoms with Gasteiger partial charge in [0.25, 0.3) is 5.91 Å². The lowest BCUT2D eigenvalue weighted by molar-refractivity contribution is 0.0949. The van der Waals surface area contributed by atoms with Crippen molar-refractivity contribution in [2.24, 2.45) is 0 Å². The van der Waals surface area contributed by atoms with Crippen LogP contribution in [0.4, 0.5) is 8.78 Å². The number of hydrogen-bond donors (Lipinski definition) is 1. The summed E-state index contributed by atoms with van der Waals surface area (Å²) in [7, 11) is 0. The first-order valence-electron chi connectivity index (χ1n) is 8.38. The second-order valence-electron chi connectivity index (χ2n) is 5.96. The molecule has 0 radical (unpaired) electrons. The zero-order chi connectivity index (χ0) is 18.5. The number of amides is 1. The predicted octanol–water partition coefficient (Wildman–Crippen LogP) is 3.70. The van der Waals surface area contributed by atoms with Crippen molar-refractivity contribution in [3.05, 3.63) is 88.7 Å². The van der Waals surface area contributed by atoms with Crippen LogP contribution in [0.5, 0.6) is 0 Å². The van der Waals surface area contributed by atoms with Gasteiger partial charge in [0.15, 0.2) is 0 Å². The maximum Gasteiger partial charge on any atom is 0.255 e. The van der Waals surface area contributed by atoms with E-state index in [-0.39, 0.29) is 12.5 Å². The summed E-state index contributed by atoms with van der Waals surface area (Å²) in [5.74, 6) is -1.65. The molecule has 26 heavy (non-hydrogen) atoms. The number of benzene rings is 2. The molecule has 0 aliphatic rings. The van der Waals surface area contributed by atoms with Gasteiger partial charge in [-0.25, -0.2) is 8.78 Å². The summed E-state index contributed by atoms with van der Waals surface area (Å²) in [4.78, 5) is 12.5. The molecule has 0 atom stereocenters. The first-order valence-corrected chi connectivity index (χ1v) is 8.38. The van der Waals surface area contributed by atoms with Gasteiger partial charge in [0, 0.05) is 12.6 Å². The van der Waals surface area contributed by atoms with Crippen LogP contribution in [0.25, 0.3) is 0 Å². The molecule has 0 aliphatic heterocycles. The third-order valence-corrected chi connectivity index (χ3v) is 4.08. The summed E-state index contributed by atoms with van der Waals surface area (Å²) in [6, 6.07) is 13.0. The molecule has 1 aromatic heterocycles. The van der Waals surface area contributed by atoms with Gasteiger partial charge in [0.1, 0.15) is 11.6 Å². The summed E-state index contributed by atoms with van der Waals surface area (Å²) in [5, 5.41) is 7.02. The van der Waals surface area contributed by atoms with E-state index in [2.05, 4.69) is 10.4 Å². The Kier molecular flexibility index (Phi) is 5.41. The molecule has 3 rings (SSSR count). The first-order chi connectivity index (χ1) is 12.6. The zero-order valence-corrected chi connectivity index (χ0v) is 14.4. The van der Waals surface area contributed by atoms with Gasteiger partial charge in [-0.2, -0.15) is 5.10 Å². The molecule has 0 spiro atoms. The number of aromatic nitrogens is 2. The fraction of sp³-hybridized carbons (Fsp3) is 0.200. The van der Waals surface area contributed by atoms with E-state index in [9.17, 15) is 13.6 Å². The van der Waals surface area contributed by atoms with Crippen molar-refractivity contribution in [2.45, 2.75) is 26.4 Å². The maximum absolute atomic E-state index is 13.2. The number of rotatable bonds is 6. The lowest BCUT2D eigenvalue weighted by Crippen LogP contribution is -2.24. The third-order valence-electron chi connectivity index (χ3n) is 4.08. The quantitative estimate of drug-likeness (QED) is 0.733. The molecule has 0 saturated carbocycles. The van der Waals surface area contributed by atoms with E-state index in [1.807, 2.05) is 37.3 Å². The Labute approximate surface area is 150 Å². The molecule has 0 unspecified atom stereocenters. The Balaban J connectivity index is 1.73. The minimum Gasteiger partial charge on any atom is -0.348 e. The molecule has 6 heteroatoms. The summed E-state index contributed by atoms with van der Waals surface area (Å²) >= 11 is 0. The standard InChI is InChI=1S/C20H19F2N3O/c1-2-19-18(12-24-25(19)13-14-6-4-3-5-7-14)20(26)23-11-15-8-16(21)10-17(22)9-15/h3-10,12H,2,11,13H2,1H3,(H,23,26). The number of nitrogens with one attached hydrogen (secondary N) is 1. The molecule has 0 saturated heterocycles. The van der Waals surface area contributed by atoms with Gasteiger partial charge in [0.2, 0.25) is 0 Å². The predicted molar refractivity (Wildman–Crippen MR) is 94.7 cm³/mol. The van der Waals surface area contributed by atoms with Crippen LogP contribution in [-0.2, 0) is 19.5 Å². The van der Waals surface area contributed by atoms with Crippen LogP contribution in [0.1, 0.15) is 34.1 Å². The zero-order valence-electron chi connectivity index (χ0n) is 14.4. The lowest BCUT2D eigenvalue weighted by atomic mass is 10.1. The maximum atomic E-state index is 13.2. The van der Waals surface area contributed by atoms with E-state index < -0.39 is 11.6 Å². The topological polar surface area (TPSA) is 46.9 Å². The molecule has 0 bridgehead atoms. The molecule has 1 heterocycles. The Morgan fingerprint density at radius 2 is 1.77 bits per heavy atom. The largest absolute Gasteiger partial charge is 0.348 e. The SMILES string of the molecule is CCc1c(C(=O)NCc2cc(F)cc(F)c2)cnn1Cc1ccccc1. The number of hydrogen-bond acceptors (Lipinski definition) is 2.